The Kier molecular flexibility index (Phi) is 19.9. The van der Waals surface area contributed by atoms with Crippen molar-refractivity contribution in [1.29, 1.82) is 0 Å². The maximum Gasteiger partial charge on any atom is 0.338 e. The smallest absolute Gasteiger partial charge is 0.338 e. The molecule has 17 heteroatoms. The molecule has 0 saturated carbocycles. The molecule has 0 aliphatic heterocycles. The van der Waals surface area contributed by atoms with Crippen LogP contribution in [0.5, 0.6) is 0 Å². The summed E-state index contributed by atoms with van der Waals surface area (Å²) in [6, 6.07) is 16.1. The molecule has 3 N–H and O–H groups in total. The van der Waals surface area contributed by atoms with Crippen LogP contribution >= 0.6 is 11.1 Å². The predicted molar refractivity (Wildman–Crippen MR) is 205 cm³/mol. The van der Waals surface area contributed by atoms with E-state index in [2.05, 4.69) is 50.1 Å². The van der Waals surface area contributed by atoms with Crippen LogP contribution in [0.3, 0.4) is 0 Å². The average molecular weight is 765 g/mol. The van der Waals surface area contributed by atoms with Gasteiger partial charge < -0.3 is 25.3 Å². The first-order chi connectivity index (χ1) is 25.1. The Morgan fingerprint density at radius 1 is 0.736 bits per heavy atom. The lowest BCUT2D eigenvalue weighted by Gasteiger charge is -2.09. The molecule has 5 rings (SSSR count). The number of amides is 1. The molecule has 2 aromatic heterocycles. The van der Waals surface area contributed by atoms with Crippen molar-refractivity contribution in [3.8, 4) is 11.4 Å². The molecule has 0 aliphatic rings. The number of carbonyl (C=O) groups is 5. The zero-order valence-corrected chi connectivity index (χ0v) is 32.7. The zero-order valence-electron chi connectivity index (χ0n) is 30.9. The van der Waals surface area contributed by atoms with E-state index in [-0.39, 0.29) is 18.5 Å². The van der Waals surface area contributed by atoms with Gasteiger partial charge >= 0.3 is 11.9 Å². The molecule has 3 aromatic carbocycles. The molecule has 0 bridgehead atoms. The highest BCUT2D eigenvalue weighted by atomic mass is 35.6. The van der Waals surface area contributed by atoms with Crippen LogP contribution in [0.4, 0.5) is 5.69 Å². The van der Waals surface area contributed by atoms with E-state index in [9.17, 15) is 24.0 Å². The molecule has 0 unspecified atom stereocenters. The van der Waals surface area contributed by atoms with Gasteiger partial charge in [0.1, 0.15) is 45.3 Å². The van der Waals surface area contributed by atoms with E-state index in [1.165, 1.54) is 14.2 Å². The lowest BCUT2D eigenvalue weighted by molar-refractivity contribution is -0.113. The van der Waals surface area contributed by atoms with Gasteiger partial charge in [-0.3, -0.25) is 18.7 Å². The number of ether oxygens (including phenoxy) is 2. The van der Waals surface area contributed by atoms with Crippen molar-refractivity contribution < 1.29 is 33.4 Å². The Morgan fingerprint density at radius 3 is 1.55 bits per heavy atom. The summed E-state index contributed by atoms with van der Waals surface area (Å²) in [5.41, 5.74) is 12.3. The van der Waals surface area contributed by atoms with Crippen molar-refractivity contribution in [3.63, 3.8) is 0 Å². The third-order valence-electron chi connectivity index (χ3n) is 6.64. The highest BCUT2D eigenvalue weighted by molar-refractivity contribution is 7.18. The van der Waals surface area contributed by atoms with Crippen LogP contribution < -0.4 is 11.1 Å². The minimum Gasteiger partial charge on any atom is -0.465 e. The number of hydrogen-bond donors (Lipinski definition) is 2. The molecule has 0 saturated heterocycles. The van der Waals surface area contributed by atoms with Gasteiger partial charge in [-0.25, -0.2) is 9.59 Å². The highest BCUT2D eigenvalue weighted by Crippen LogP contribution is 2.19. The van der Waals surface area contributed by atoms with Gasteiger partial charge in [0.2, 0.25) is 6.41 Å². The second kappa shape index (κ2) is 23.5. The van der Waals surface area contributed by atoms with Gasteiger partial charge in [0.25, 0.3) is 0 Å². The number of anilines is 1. The summed E-state index contributed by atoms with van der Waals surface area (Å²) in [4.78, 5) is 51.9. The van der Waals surface area contributed by atoms with Crippen LogP contribution in [0.25, 0.3) is 11.4 Å². The number of nitrogen functional groups attached to an aromatic ring is 1. The Hall–Kier alpha value is -6.00. The number of methoxy groups -OCH3 is 2. The third-order valence-corrected chi connectivity index (χ3v) is 6.64. The summed E-state index contributed by atoms with van der Waals surface area (Å²) in [7, 11) is 1.58. The van der Waals surface area contributed by atoms with Crippen LogP contribution in [0.1, 0.15) is 47.8 Å². The third kappa shape index (κ3) is 15.8. The largest absolute Gasteiger partial charge is 0.465 e. The summed E-state index contributed by atoms with van der Waals surface area (Å²) in [5.74, 6) is -0.688. The Labute approximate surface area is 314 Å². The van der Waals surface area contributed by atoms with Crippen molar-refractivity contribution in [3.05, 3.63) is 113 Å². The van der Waals surface area contributed by atoms with E-state index in [1.807, 2.05) is 32.0 Å². The standard InChI is InChI=1S/C11H11N3O2.C10H9N3O.C9H11NO2.C3H9ClSi.C3H5NO2/c1-8-9(11(15)16-2)4-3-5-10(8)14-6-12-13-7-14;1-8-9(5-14)3-2-4-10(8)13-6-11-12-7-13;1-6-7(9(11)12-2)4-3-5-8(6)10;1-5(2,3)4;5-2-1-4-3-6/h3-7H,1-2H3;2-7H,1H3;3-5H,10H2,1-2H3;1-3H3;2-3H,1H2,(H,4,6). The molecule has 5 aromatic rings. The molecular formula is C36H45ClN8O7Si. The Bertz CT molecular complexity index is 1880. The maximum atomic E-state index is 11.5. The first kappa shape index (κ1) is 45.0. The lowest BCUT2D eigenvalue weighted by atomic mass is 10.1. The molecule has 0 fully saturated rings. The average Bonchev–Trinajstić information content (AvgIpc) is 3.88. The molecule has 15 nitrogen and oxygen atoms in total. The van der Waals surface area contributed by atoms with E-state index >= 15 is 0 Å². The quantitative estimate of drug-likeness (QED) is 0.0529. The first-order valence-electron chi connectivity index (χ1n) is 15.8. The summed E-state index contributed by atoms with van der Waals surface area (Å²) < 4.78 is 12.8. The maximum absolute atomic E-state index is 11.5. The van der Waals surface area contributed by atoms with Crippen molar-refractivity contribution in [2.24, 2.45) is 0 Å². The van der Waals surface area contributed by atoms with Crippen LogP contribution in [0.2, 0.25) is 19.6 Å². The second-order valence-electron chi connectivity index (χ2n) is 11.6. The van der Waals surface area contributed by atoms with Gasteiger partial charge in [-0.05, 0) is 67.8 Å². The van der Waals surface area contributed by atoms with Crippen LogP contribution in [-0.4, -0.2) is 88.6 Å². The van der Waals surface area contributed by atoms with Gasteiger partial charge in [-0.2, -0.15) is 11.1 Å². The minimum absolute atomic E-state index is 0.115. The van der Waals surface area contributed by atoms with Crippen molar-refractivity contribution in [2.45, 2.75) is 40.4 Å². The fourth-order valence-corrected chi connectivity index (χ4v) is 4.01. The van der Waals surface area contributed by atoms with Gasteiger partial charge in [0, 0.05) is 11.3 Å². The van der Waals surface area contributed by atoms with Gasteiger partial charge in [0.15, 0.2) is 0 Å². The van der Waals surface area contributed by atoms with Crippen molar-refractivity contribution in [1.82, 2.24) is 34.8 Å². The summed E-state index contributed by atoms with van der Waals surface area (Å²) in [6.07, 6.45) is 8.34. The SMILES string of the molecule is COC(=O)c1cccc(-n2cnnc2)c1C.COC(=O)c1cccc(N)c1C.C[Si](C)(C)Cl.Cc1c(C=O)cccc1-n1cnnc1.O=CCNC=O. The minimum atomic E-state index is -1.14. The van der Waals surface area contributed by atoms with Crippen LogP contribution in [0, 0.1) is 20.8 Å². The Balaban J connectivity index is 0.000000352. The fourth-order valence-electron chi connectivity index (χ4n) is 4.01. The highest BCUT2D eigenvalue weighted by Gasteiger charge is 2.13. The van der Waals surface area contributed by atoms with E-state index in [0.29, 0.717) is 35.1 Å². The number of nitrogens with zero attached hydrogens (tertiary/aromatic N) is 6. The van der Waals surface area contributed by atoms with Gasteiger partial charge in [-0.15, -0.1) is 20.4 Å². The number of carbonyl (C=O) groups excluding carboxylic acids is 5. The second-order valence-corrected chi connectivity index (χ2v) is 19.1. The number of halogens is 1. The molecule has 1 amide bonds. The van der Waals surface area contributed by atoms with Crippen LogP contribution in [-0.2, 0) is 19.1 Å². The topological polar surface area (TPSA) is 203 Å². The number of aromatic nitrogens is 6. The van der Waals surface area contributed by atoms with Crippen molar-refractivity contribution >= 4 is 55.1 Å². The predicted octanol–water partition coefficient (Wildman–Crippen LogP) is 5.11. The number of aldehydes is 2. The van der Waals surface area contributed by atoms with E-state index in [1.54, 1.807) is 77.8 Å². The molecular weight excluding hydrogens is 720 g/mol. The number of rotatable bonds is 8. The van der Waals surface area contributed by atoms with Crippen molar-refractivity contribution in [2.75, 3.05) is 26.5 Å². The number of nitrogens with one attached hydrogen (secondary N) is 1. The molecule has 0 radical (unpaired) electrons. The molecule has 0 spiro atoms. The number of hydrogen-bond acceptors (Lipinski definition) is 12. The monoisotopic (exact) mass is 764 g/mol. The van der Waals surface area contributed by atoms with Gasteiger partial charge in [0.05, 0.1) is 43.3 Å². The van der Waals surface area contributed by atoms with Gasteiger partial charge in [-0.1, -0.05) is 43.9 Å². The molecule has 53 heavy (non-hydrogen) atoms. The summed E-state index contributed by atoms with van der Waals surface area (Å²) in [5, 5.41) is 17.1. The number of benzene rings is 3. The summed E-state index contributed by atoms with van der Waals surface area (Å²) >= 11 is 5.67. The number of esters is 2. The zero-order chi connectivity index (χ0) is 40.0. The van der Waals surface area contributed by atoms with E-state index < -0.39 is 7.38 Å². The fraction of sp³-hybridized carbons (Fsp3) is 0.250. The molecule has 0 atom stereocenters. The molecule has 2 heterocycles. The van der Waals surface area contributed by atoms with E-state index in [0.717, 1.165) is 34.4 Å². The number of nitrogens with two attached hydrogens (primary N) is 1. The van der Waals surface area contributed by atoms with E-state index in [4.69, 9.17) is 21.5 Å². The Morgan fingerprint density at radius 2 is 1.15 bits per heavy atom. The first-order valence-corrected chi connectivity index (χ1v) is 20.3. The molecule has 0 aliphatic carbocycles. The normalized spacial score (nSPS) is 9.75. The summed E-state index contributed by atoms with van der Waals surface area (Å²) in [6.45, 7) is 11.9. The lowest BCUT2D eigenvalue weighted by Crippen LogP contribution is -2.12. The molecule has 282 valence electrons. The van der Waals surface area contributed by atoms with Crippen LogP contribution in [0.15, 0.2) is 79.9 Å².